The Balaban J connectivity index is 2.50. The fourth-order valence-electron chi connectivity index (χ4n) is 1.78. The molecule has 1 rings (SSSR count). The molecule has 0 aliphatic carbocycles. The molecule has 1 amide bonds. The Morgan fingerprint density at radius 1 is 1.73 bits per heavy atom. The molecule has 0 aromatic carbocycles. The van der Waals surface area contributed by atoms with Crippen LogP contribution in [0.2, 0.25) is 0 Å². The molecular weight excluding hydrogens is 190 g/mol. The Labute approximate surface area is 91.0 Å². The van der Waals surface area contributed by atoms with Crippen LogP contribution in [0.15, 0.2) is 0 Å². The summed E-state index contributed by atoms with van der Waals surface area (Å²) < 4.78 is 0. The van der Waals surface area contributed by atoms with Gasteiger partial charge in [0.1, 0.15) is 0 Å². The average Bonchev–Trinajstić information content (AvgIpc) is 2.65. The number of carbonyl (C=O) groups is 1. The Morgan fingerprint density at radius 2 is 2.47 bits per heavy atom. The van der Waals surface area contributed by atoms with Crippen molar-refractivity contribution in [3.63, 3.8) is 0 Å². The number of nitrogens with zero attached hydrogens (tertiary/aromatic N) is 1. The van der Waals surface area contributed by atoms with Crippen molar-refractivity contribution in [2.75, 3.05) is 13.1 Å². The summed E-state index contributed by atoms with van der Waals surface area (Å²) in [5.74, 6) is 0.0783. The van der Waals surface area contributed by atoms with Gasteiger partial charge >= 0.3 is 0 Å². The van der Waals surface area contributed by atoms with E-state index in [4.69, 9.17) is 5.26 Å². The van der Waals surface area contributed by atoms with Crippen LogP contribution in [0.25, 0.3) is 0 Å². The van der Waals surface area contributed by atoms with Gasteiger partial charge in [-0.15, -0.1) is 0 Å². The molecule has 1 heterocycles. The third-order valence-corrected chi connectivity index (χ3v) is 3.08. The lowest BCUT2D eigenvalue weighted by molar-refractivity contribution is -0.130. The van der Waals surface area contributed by atoms with Gasteiger partial charge in [-0.05, 0) is 26.3 Å². The van der Waals surface area contributed by atoms with Crippen LogP contribution in [0.3, 0.4) is 0 Å². The highest BCUT2D eigenvalue weighted by atomic mass is 16.2. The zero-order valence-corrected chi connectivity index (χ0v) is 9.47. The van der Waals surface area contributed by atoms with Crippen LogP contribution in [-0.4, -0.2) is 25.0 Å². The first kappa shape index (κ1) is 12.0. The summed E-state index contributed by atoms with van der Waals surface area (Å²) in [4.78, 5) is 12.0. The Hall–Kier alpha value is -1.08. The highest BCUT2D eigenvalue weighted by Gasteiger charge is 2.36. The van der Waals surface area contributed by atoms with Gasteiger partial charge in [0, 0.05) is 12.6 Å². The van der Waals surface area contributed by atoms with E-state index in [0.717, 1.165) is 25.9 Å². The monoisotopic (exact) mass is 209 g/mol. The highest BCUT2D eigenvalue weighted by Crippen LogP contribution is 2.24. The minimum absolute atomic E-state index is 0.0000694. The second-order valence-corrected chi connectivity index (χ2v) is 4.43. The molecule has 4 heteroatoms. The van der Waals surface area contributed by atoms with Crippen LogP contribution in [0, 0.1) is 16.7 Å². The molecule has 0 bridgehead atoms. The fourth-order valence-corrected chi connectivity index (χ4v) is 1.78. The number of hydrogen-bond acceptors (Lipinski definition) is 3. The largest absolute Gasteiger partial charge is 0.352 e. The van der Waals surface area contributed by atoms with E-state index < -0.39 is 0 Å². The third-order valence-electron chi connectivity index (χ3n) is 3.08. The Kier molecular flexibility index (Phi) is 4.10. The van der Waals surface area contributed by atoms with Crippen LogP contribution in [0.4, 0.5) is 0 Å². The summed E-state index contributed by atoms with van der Waals surface area (Å²) in [6, 6.07) is 2.10. The van der Waals surface area contributed by atoms with Gasteiger partial charge in [0.2, 0.25) is 5.91 Å². The normalized spacial score (nSPS) is 27.0. The molecule has 0 saturated carbocycles. The van der Waals surface area contributed by atoms with Gasteiger partial charge in [0.05, 0.1) is 17.9 Å². The maximum atomic E-state index is 12.0. The molecule has 84 valence electrons. The van der Waals surface area contributed by atoms with Gasteiger partial charge in [0.15, 0.2) is 0 Å². The van der Waals surface area contributed by atoms with Crippen molar-refractivity contribution in [2.45, 2.75) is 39.2 Å². The lowest BCUT2D eigenvalue weighted by Gasteiger charge is -2.24. The van der Waals surface area contributed by atoms with Gasteiger partial charge in [-0.25, -0.2) is 0 Å². The van der Waals surface area contributed by atoms with Crippen molar-refractivity contribution >= 4 is 5.91 Å². The van der Waals surface area contributed by atoms with Crippen molar-refractivity contribution in [1.29, 1.82) is 5.26 Å². The van der Waals surface area contributed by atoms with Gasteiger partial charge in [0.25, 0.3) is 0 Å². The number of rotatable bonds is 4. The van der Waals surface area contributed by atoms with Crippen molar-refractivity contribution < 1.29 is 4.79 Å². The molecule has 4 nitrogen and oxygen atoms in total. The molecule has 2 atom stereocenters. The van der Waals surface area contributed by atoms with E-state index in [2.05, 4.69) is 16.7 Å². The maximum absolute atomic E-state index is 12.0. The van der Waals surface area contributed by atoms with E-state index in [1.54, 1.807) is 0 Å². The summed E-state index contributed by atoms with van der Waals surface area (Å²) in [5, 5.41) is 14.7. The number of nitriles is 1. The second-order valence-electron chi connectivity index (χ2n) is 4.43. The molecule has 15 heavy (non-hydrogen) atoms. The van der Waals surface area contributed by atoms with Crippen molar-refractivity contribution in [2.24, 2.45) is 5.41 Å². The molecule has 1 fully saturated rings. The zero-order chi connectivity index (χ0) is 11.3. The summed E-state index contributed by atoms with van der Waals surface area (Å²) in [7, 11) is 0. The van der Waals surface area contributed by atoms with Crippen molar-refractivity contribution in [3.8, 4) is 6.07 Å². The zero-order valence-electron chi connectivity index (χ0n) is 9.47. The van der Waals surface area contributed by atoms with Gasteiger partial charge in [-0.3, -0.25) is 4.79 Å². The van der Waals surface area contributed by atoms with E-state index in [1.165, 1.54) is 0 Å². The molecule has 1 saturated heterocycles. The number of hydrogen-bond donors (Lipinski definition) is 2. The van der Waals surface area contributed by atoms with Crippen LogP contribution in [0.5, 0.6) is 0 Å². The quantitative estimate of drug-likeness (QED) is 0.719. The Bertz CT molecular complexity index is 263. The topological polar surface area (TPSA) is 64.9 Å². The molecule has 1 aliphatic rings. The minimum Gasteiger partial charge on any atom is -0.352 e. The van der Waals surface area contributed by atoms with E-state index in [0.29, 0.717) is 6.42 Å². The van der Waals surface area contributed by atoms with Crippen LogP contribution in [0.1, 0.15) is 33.1 Å². The summed E-state index contributed by atoms with van der Waals surface area (Å²) in [6.07, 6.45) is 2.08. The second kappa shape index (κ2) is 5.13. The van der Waals surface area contributed by atoms with E-state index >= 15 is 0 Å². The molecule has 2 unspecified atom stereocenters. The van der Waals surface area contributed by atoms with Crippen LogP contribution >= 0.6 is 0 Å². The third kappa shape index (κ3) is 2.93. The number of carbonyl (C=O) groups excluding carboxylic acids is 1. The fraction of sp³-hybridized carbons (Fsp3) is 0.818. The number of nitrogens with one attached hydrogen (secondary N) is 2. The van der Waals surface area contributed by atoms with Gasteiger partial charge < -0.3 is 10.6 Å². The summed E-state index contributed by atoms with van der Waals surface area (Å²) >= 11 is 0. The lowest BCUT2D eigenvalue weighted by atomic mass is 9.88. The first-order valence-electron chi connectivity index (χ1n) is 5.51. The standard InChI is InChI=1S/C11H19N3O/c1-3-9(4-6-12)14-10(15)11(2)5-7-13-8-11/h9,13H,3-5,7-8H2,1-2H3,(H,14,15). The molecule has 2 N–H and O–H groups in total. The average molecular weight is 209 g/mol. The predicted octanol–water partition coefficient (Wildman–Crippen LogP) is 0.794. The first-order valence-corrected chi connectivity index (χ1v) is 5.51. The smallest absolute Gasteiger partial charge is 0.227 e. The van der Waals surface area contributed by atoms with Crippen LogP contribution < -0.4 is 10.6 Å². The molecule has 0 radical (unpaired) electrons. The SMILES string of the molecule is CCC(CC#N)NC(=O)C1(C)CCNC1. The van der Waals surface area contributed by atoms with Crippen LogP contribution in [-0.2, 0) is 4.79 Å². The van der Waals surface area contributed by atoms with Crippen molar-refractivity contribution in [3.05, 3.63) is 0 Å². The van der Waals surface area contributed by atoms with Gasteiger partial charge in [-0.1, -0.05) is 6.92 Å². The minimum atomic E-state index is -0.289. The molecule has 0 aromatic heterocycles. The lowest BCUT2D eigenvalue weighted by Crippen LogP contribution is -2.45. The highest BCUT2D eigenvalue weighted by molar-refractivity contribution is 5.83. The van der Waals surface area contributed by atoms with E-state index in [1.807, 2.05) is 13.8 Å². The van der Waals surface area contributed by atoms with Gasteiger partial charge in [-0.2, -0.15) is 5.26 Å². The van der Waals surface area contributed by atoms with E-state index in [-0.39, 0.29) is 17.4 Å². The predicted molar refractivity (Wildman–Crippen MR) is 58.0 cm³/mol. The molecule has 1 aliphatic heterocycles. The van der Waals surface area contributed by atoms with E-state index in [9.17, 15) is 4.79 Å². The maximum Gasteiger partial charge on any atom is 0.227 e. The number of amides is 1. The molecule has 0 spiro atoms. The molecule has 0 aromatic rings. The summed E-state index contributed by atoms with van der Waals surface area (Å²) in [6.45, 7) is 5.60. The van der Waals surface area contributed by atoms with Crippen molar-refractivity contribution in [1.82, 2.24) is 10.6 Å². The molecular formula is C11H19N3O. The first-order chi connectivity index (χ1) is 7.12. The summed E-state index contributed by atoms with van der Waals surface area (Å²) in [5.41, 5.74) is -0.289. The Morgan fingerprint density at radius 3 is 2.93 bits per heavy atom.